The summed E-state index contributed by atoms with van der Waals surface area (Å²) in [5, 5.41) is 5.58. The number of ether oxygens (including phenoxy) is 2. The monoisotopic (exact) mass is 286 g/mol. The quantitative estimate of drug-likeness (QED) is 0.855. The van der Waals surface area contributed by atoms with Gasteiger partial charge in [0.25, 0.3) is 5.91 Å². The lowest BCUT2D eigenvalue weighted by molar-refractivity contribution is 0.102. The van der Waals surface area contributed by atoms with Crippen LogP contribution >= 0.6 is 0 Å². The average Bonchev–Trinajstić information content (AvgIpc) is 2.55. The second kappa shape index (κ2) is 6.51. The van der Waals surface area contributed by atoms with E-state index in [1.165, 1.54) is 26.4 Å². The molecule has 0 radical (unpaired) electrons. The number of hydrogen-bond donors (Lipinski definition) is 1. The van der Waals surface area contributed by atoms with Gasteiger partial charge in [0.1, 0.15) is 11.5 Å². The van der Waals surface area contributed by atoms with Gasteiger partial charge >= 0.3 is 0 Å². The summed E-state index contributed by atoms with van der Waals surface area (Å²) in [5.41, 5.74) is 1.01. The van der Waals surface area contributed by atoms with Crippen molar-refractivity contribution in [1.29, 1.82) is 0 Å². The lowest BCUT2D eigenvalue weighted by Crippen LogP contribution is -2.12. The van der Waals surface area contributed by atoms with Crippen LogP contribution in [0.3, 0.4) is 0 Å². The molecule has 1 N–H and O–H groups in total. The third kappa shape index (κ3) is 3.17. The summed E-state index contributed by atoms with van der Waals surface area (Å²) in [6, 6.07) is 11.7. The average molecular weight is 286 g/mol. The van der Waals surface area contributed by atoms with Crippen LogP contribution in [0.5, 0.6) is 11.5 Å². The molecule has 0 atom stereocenters. The fraction of sp³-hybridized carbons (Fsp3) is 0.133. The third-order valence-electron chi connectivity index (χ3n) is 2.88. The van der Waals surface area contributed by atoms with Crippen molar-refractivity contribution in [3.8, 4) is 11.5 Å². The van der Waals surface area contributed by atoms with E-state index in [4.69, 9.17) is 9.47 Å². The number of methoxy groups -OCH3 is 2. The third-order valence-corrected chi connectivity index (χ3v) is 2.88. The standard InChI is InChI=1S/C15H14N2O4/c1-20-13-9-12(17-19)14(21-2)8-11(13)16-15(18)10-6-4-3-5-7-10/h3-9H,1-2H3,(H,16,18). The molecule has 0 saturated heterocycles. The van der Waals surface area contributed by atoms with Crippen LogP contribution in [0.1, 0.15) is 10.4 Å². The predicted molar refractivity (Wildman–Crippen MR) is 79.4 cm³/mol. The summed E-state index contributed by atoms with van der Waals surface area (Å²) in [4.78, 5) is 22.9. The zero-order valence-corrected chi connectivity index (χ0v) is 11.6. The van der Waals surface area contributed by atoms with Gasteiger partial charge in [0, 0.05) is 17.7 Å². The van der Waals surface area contributed by atoms with Crippen LogP contribution in [0.15, 0.2) is 47.6 Å². The Hall–Kier alpha value is -2.89. The van der Waals surface area contributed by atoms with Crippen LogP contribution < -0.4 is 14.8 Å². The predicted octanol–water partition coefficient (Wildman–Crippen LogP) is 3.35. The van der Waals surface area contributed by atoms with Crippen LogP contribution in [0.2, 0.25) is 0 Å². The molecule has 21 heavy (non-hydrogen) atoms. The van der Waals surface area contributed by atoms with Gasteiger partial charge in [0.05, 0.1) is 19.9 Å². The van der Waals surface area contributed by atoms with E-state index in [-0.39, 0.29) is 17.3 Å². The number of carbonyl (C=O) groups excluding carboxylic acids is 1. The van der Waals surface area contributed by atoms with Gasteiger partial charge in [0.15, 0.2) is 5.69 Å². The Bertz CT molecular complexity index is 656. The highest BCUT2D eigenvalue weighted by molar-refractivity contribution is 6.05. The molecule has 1 amide bonds. The van der Waals surface area contributed by atoms with Gasteiger partial charge < -0.3 is 14.8 Å². The number of rotatable bonds is 5. The number of anilines is 1. The van der Waals surface area contributed by atoms with Crippen LogP contribution in [0.4, 0.5) is 11.4 Å². The smallest absolute Gasteiger partial charge is 0.255 e. The Balaban J connectivity index is 2.35. The van der Waals surface area contributed by atoms with Gasteiger partial charge in [0.2, 0.25) is 0 Å². The fourth-order valence-corrected chi connectivity index (χ4v) is 1.83. The molecule has 108 valence electrons. The van der Waals surface area contributed by atoms with Gasteiger partial charge in [-0.2, -0.15) is 0 Å². The highest BCUT2D eigenvalue weighted by Crippen LogP contribution is 2.38. The Labute approximate surface area is 121 Å². The van der Waals surface area contributed by atoms with Crippen molar-refractivity contribution in [3.05, 3.63) is 52.9 Å². The van der Waals surface area contributed by atoms with E-state index >= 15 is 0 Å². The maximum Gasteiger partial charge on any atom is 0.255 e. The fourth-order valence-electron chi connectivity index (χ4n) is 1.83. The zero-order valence-electron chi connectivity index (χ0n) is 11.6. The Morgan fingerprint density at radius 3 is 2.29 bits per heavy atom. The molecular formula is C15H14N2O4. The van der Waals surface area contributed by atoms with Crippen LogP contribution in [-0.2, 0) is 0 Å². The first-order chi connectivity index (χ1) is 10.2. The normalized spacial score (nSPS) is 9.81. The molecule has 0 aromatic heterocycles. The van der Waals surface area contributed by atoms with Gasteiger partial charge in [-0.3, -0.25) is 4.79 Å². The molecule has 0 bridgehead atoms. The first-order valence-electron chi connectivity index (χ1n) is 6.15. The molecule has 0 saturated carbocycles. The van der Waals surface area contributed by atoms with Crippen molar-refractivity contribution < 1.29 is 14.3 Å². The van der Waals surface area contributed by atoms with Gasteiger partial charge in [-0.05, 0) is 17.3 Å². The molecule has 0 aliphatic carbocycles. The van der Waals surface area contributed by atoms with Gasteiger partial charge in [-0.1, -0.05) is 18.2 Å². The molecule has 0 unspecified atom stereocenters. The Morgan fingerprint density at radius 2 is 1.71 bits per heavy atom. The molecule has 0 aliphatic rings. The number of nitroso groups, excluding NO2 is 1. The van der Waals surface area contributed by atoms with E-state index in [2.05, 4.69) is 10.5 Å². The topological polar surface area (TPSA) is 77.0 Å². The maximum absolute atomic E-state index is 12.1. The van der Waals surface area contributed by atoms with E-state index in [1.807, 2.05) is 6.07 Å². The highest BCUT2D eigenvalue weighted by atomic mass is 16.5. The SMILES string of the molecule is COc1cc(NC(=O)c2ccccc2)c(OC)cc1N=O. The van der Waals surface area contributed by atoms with E-state index in [1.54, 1.807) is 24.3 Å². The van der Waals surface area contributed by atoms with Crippen molar-refractivity contribution in [3.63, 3.8) is 0 Å². The summed E-state index contributed by atoms with van der Waals surface area (Å²) in [6.07, 6.45) is 0. The summed E-state index contributed by atoms with van der Waals surface area (Å²) in [5.74, 6) is 0.298. The summed E-state index contributed by atoms with van der Waals surface area (Å²) < 4.78 is 10.2. The van der Waals surface area contributed by atoms with E-state index in [0.717, 1.165) is 0 Å². The number of hydrogen-bond acceptors (Lipinski definition) is 5. The van der Waals surface area contributed by atoms with Crippen molar-refractivity contribution in [2.24, 2.45) is 5.18 Å². The first kappa shape index (κ1) is 14.5. The molecule has 2 rings (SSSR count). The highest BCUT2D eigenvalue weighted by Gasteiger charge is 2.14. The molecule has 0 heterocycles. The summed E-state index contributed by atoms with van der Waals surface area (Å²) in [7, 11) is 2.86. The Morgan fingerprint density at radius 1 is 1.05 bits per heavy atom. The largest absolute Gasteiger partial charge is 0.494 e. The molecule has 0 fully saturated rings. The summed E-state index contributed by atoms with van der Waals surface area (Å²) in [6.45, 7) is 0. The zero-order chi connectivity index (χ0) is 15.2. The van der Waals surface area contributed by atoms with Crippen molar-refractivity contribution in [2.75, 3.05) is 19.5 Å². The van der Waals surface area contributed by atoms with Gasteiger partial charge in [-0.15, -0.1) is 4.91 Å². The molecule has 6 nitrogen and oxygen atoms in total. The Kier molecular flexibility index (Phi) is 4.50. The second-order valence-electron chi connectivity index (χ2n) is 4.14. The number of carbonyl (C=O) groups is 1. The van der Waals surface area contributed by atoms with Gasteiger partial charge in [-0.25, -0.2) is 0 Å². The van der Waals surface area contributed by atoms with Crippen LogP contribution in [-0.4, -0.2) is 20.1 Å². The van der Waals surface area contributed by atoms with Crippen LogP contribution in [0.25, 0.3) is 0 Å². The number of amides is 1. The van der Waals surface area contributed by atoms with Crippen molar-refractivity contribution >= 4 is 17.3 Å². The second-order valence-corrected chi connectivity index (χ2v) is 4.14. The lowest BCUT2D eigenvalue weighted by atomic mass is 10.2. The number of benzene rings is 2. The molecule has 6 heteroatoms. The molecule has 2 aromatic rings. The maximum atomic E-state index is 12.1. The number of nitrogens with one attached hydrogen (secondary N) is 1. The van der Waals surface area contributed by atoms with Crippen molar-refractivity contribution in [2.45, 2.75) is 0 Å². The van der Waals surface area contributed by atoms with Crippen molar-refractivity contribution in [1.82, 2.24) is 0 Å². The van der Waals surface area contributed by atoms with E-state index in [0.29, 0.717) is 17.0 Å². The minimum absolute atomic E-state index is 0.104. The first-order valence-corrected chi connectivity index (χ1v) is 6.15. The summed E-state index contributed by atoms with van der Waals surface area (Å²) >= 11 is 0. The molecule has 2 aromatic carbocycles. The van der Waals surface area contributed by atoms with E-state index in [9.17, 15) is 9.70 Å². The minimum atomic E-state index is -0.289. The molecule has 0 aliphatic heterocycles. The molecule has 0 spiro atoms. The van der Waals surface area contributed by atoms with Crippen LogP contribution in [0, 0.1) is 4.91 Å². The van der Waals surface area contributed by atoms with E-state index < -0.39 is 0 Å². The number of nitrogens with zero attached hydrogens (tertiary/aromatic N) is 1. The minimum Gasteiger partial charge on any atom is -0.494 e. The molecular weight excluding hydrogens is 272 g/mol. The lowest BCUT2D eigenvalue weighted by Gasteiger charge is -2.12.